The first-order valence-corrected chi connectivity index (χ1v) is 6.63. The Morgan fingerprint density at radius 1 is 1.35 bits per heavy atom. The monoisotopic (exact) mass is 242 g/mol. The van der Waals surface area contributed by atoms with E-state index in [1.54, 1.807) is 0 Å². The highest BCUT2D eigenvalue weighted by Crippen LogP contribution is 2.10. The average Bonchev–Trinajstić information content (AvgIpc) is 2.36. The highest BCUT2D eigenvalue weighted by Gasteiger charge is 2.20. The van der Waals surface area contributed by atoms with Crippen LogP contribution < -0.4 is 11.3 Å². The first kappa shape index (κ1) is 14.4. The van der Waals surface area contributed by atoms with Gasteiger partial charge < -0.3 is 4.90 Å². The molecule has 1 rings (SSSR count). The molecule has 1 heterocycles. The van der Waals surface area contributed by atoms with Crippen molar-refractivity contribution in [3.8, 4) is 0 Å². The van der Waals surface area contributed by atoms with Crippen molar-refractivity contribution in [2.75, 3.05) is 32.7 Å². The fourth-order valence-electron chi connectivity index (χ4n) is 2.34. The quantitative estimate of drug-likeness (QED) is 0.396. The summed E-state index contributed by atoms with van der Waals surface area (Å²) in [5.41, 5.74) is 2.18. The minimum atomic E-state index is -0.0681. The molecule has 1 unspecified atom stereocenters. The normalized spacial score (nSPS) is 20.2. The fourth-order valence-corrected chi connectivity index (χ4v) is 2.34. The predicted octanol–water partition coefficient (Wildman–Crippen LogP) is 0.173. The molecule has 100 valence electrons. The number of piperazine rings is 1. The summed E-state index contributed by atoms with van der Waals surface area (Å²) >= 11 is 0. The summed E-state index contributed by atoms with van der Waals surface area (Å²) in [4.78, 5) is 16.1. The van der Waals surface area contributed by atoms with E-state index in [0.717, 1.165) is 32.6 Å². The largest absolute Gasteiger partial charge is 0.301 e. The first-order valence-electron chi connectivity index (χ1n) is 6.63. The van der Waals surface area contributed by atoms with Crippen LogP contribution in [0.1, 0.15) is 33.1 Å². The standard InChI is InChI=1S/C12H26N4O/c1-3-6-15-7-9-16(10-8-15)11(2)4-5-12(17)14-13/h11H,3-10,13H2,1-2H3,(H,14,17). The molecule has 0 aromatic rings. The molecule has 17 heavy (non-hydrogen) atoms. The van der Waals surface area contributed by atoms with Crippen LogP contribution in [0.25, 0.3) is 0 Å². The Balaban J connectivity index is 2.21. The van der Waals surface area contributed by atoms with Crippen LogP contribution in [0.4, 0.5) is 0 Å². The second-order valence-corrected chi connectivity index (χ2v) is 4.83. The lowest BCUT2D eigenvalue weighted by molar-refractivity contribution is -0.121. The molecule has 0 radical (unpaired) electrons. The van der Waals surface area contributed by atoms with Gasteiger partial charge in [-0.15, -0.1) is 0 Å². The van der Waals surface area contributed by atoms with E-state index in [-0.39, 0.29) is 5.91 Å². The number of carbonyl (C=O) groups excluding carboxylic acids is 1. The summed E-state index contributed by atoms with van der Waals surface area (Å²) in [6, 6.07) is 0.469. The number of hydrogen-bond acceptors (Lipinski definition) is 4. The molecule has 3 N–H and O–H groups in total. The molecule has 5 nitrogen and oxygen atoms in total. The lowest BCUT2D eigenvalue weighted by Gasteiger charge is -2.38. The topological polar surface area (TPSA) is 61.6 Å². The zero-order chi connectivity index (χ0) is 12.7. The maximum atomic E-state index is 11.1. The number of carbonyl (C=O) groups is 1. The van der Waals surface area contributed by atoms with Gasteiger partial charge in [0, 0.05) is 38.6 Å². The van der Waals surface area contributed by atoms with Crippen molar-refractivity contribution in [1.82, 2.24) is 15.2 Å². The van der Waals surface area contributed by atoms with Crippen molar-refractivity contribution in [2.24, 2.45) is 5.84 Å². The zero-order valence-electron chi connectivity index (χ0n) is 11.1. The van der Waals surface area contributed by atoms with E-state index < -0.39 is 0 Å². The van der Waals surface area contributed by atoms with E-state index in [0.29, 0.717) is 12.5 Å². The Labute approximate surface area is 104 Å². The van der Waals surface area contributed by atoms with Crippen LogP contribution >= 0.6 is 0 Å². The van der Waals surface area contributed by atoms with Gasteiger partial charge in [-0.2, -0.15) is 0 Å². The van der Waals surface area contributed by atoms with Crippen LogP contribution in [0.15, 0.2) is 0 Å². The Bertz CT molecular complexity index is 227. The van der Waals surface area contributed by atoms with Crippen LogP contribution in [0.2, 0.25) is 0 Å². The van der Waals surface area contributed by atoms with Crippen molar-refractivity contribution in [1.29, 1.82) is 0 Å². The highest BCUT2D eigenvalue weighted by molar-refractivity contribution is 5.75. The number of nitrogens with one attached hydrogen (secondary N) is 1. The molecule has 0 aromatic carbocycles. The molecule has 1 amide bonds. The minimum Gasteiger partial charge on any atom is -0.301 e. The SMILES string of the molecule is CCCN1CCN(C(C)CCC(=O)NN)CC1. The fraction of sp³-hybridized carbons (Fsp3) is 0.917. The number of rotatable bonds is 6. The van der Waals surface area contributed by atoms with Gasteiger partial charge >= 0.3 is 0 Å². The first-order chi connectivity index (χ1) is 8.17. The van der Waals surface area contributed by atoms with Crippen LogP contribution in [0, 0.1) is 0 Å². The van der Waals surface area contributed by atoms with Crippen LogP contribution in [0.5, 0.6) is 0 Å². The molecule has 1 atom stereocenters. The number of nitrogens with zero attached hydrogens (tertiary/aromatic N) is 2. The molecule has 1 fully saturated rings. The zero-order valence-corrected chi connectivity index (χ0v) is 11.1. The maximum absolute atomic E-state index is 11.1. The maximum Gasteiger partial charge on any atom is 0.233 e. The van der Waals surface area contributed by atoms with Crippen molar-refractivity contribution < 1.29 is 4.79 Å². The van der Waals surface area contributed by atoms with Gasteiger partial charge in [-0.05, 0) is 26.3 Å². The summed E-state index contributed by atoms with van der Waals surface area (Å²) in [5.74, 6) is 5.00. The molecule has 0 saturated carbocycles. The highest BCUT2D eigenvalue weighted by atomic mass is 16.2. The van der Waals surface area contributed by atoms with E-state index in [1.165, 1.54) is 13.0 Å². The summed E-state index contributed by atoms with van der Waals surface area (Å²) < 4.78 is 0. The van der Waals surface area contributed by atoms with Gasteiger partial charge in [0.2, 0.25) is 5.91 Å². The van der Waals surface area contributed by atoms with Gasteiger partial charge in [0.05, 0.1) is 0 Å². The number of nitrogens with two attached hydrogens (primary N) is 1. The molecule has 0 aliphatic carbocycles. The Morgan fingerprint density at radius 2 is 2.00 bits per heavy atom. The third kappa shape index (κ3) is 5.02. The third-order valence-corrected chi connectivity index (χ3v) is 3.52. The van der Waals surface area contributed by atoms with E-state index in [1.807, 2.05) is 0 Å². The molecular weight excluding hydrogens is 216 g/mol. The Morgan fingerprint density at radius 3 is 2.53 bits per heavy atom. The summed E-state index contributed by atoms with van der Waals surface area (Å²) in [6.07, 6.45) is 2.63. The number of amides is 1. The van der Waals surface area contributed by atoms with Gasteiger partial charge in [0.1, 0.15) is 0 Å². The molecule has 1 aliphatic heterocycles. The van der Waals surface area contributed by atoms with Gasteiger partial charge in [0.15, 0.2) is 0 Å². The molecule has 1 aliphatic rings. The van der Waals surface area contributed by atoms with Crippen molar-refractivity contribution in [3.05, 3.63) is 0 Å². The van der Waals surface area contributed by atoms with Crippen LogP contribution in [0.3, 0.4) is 0 Å². The minimum absolute atomic E-state index is 0.0681. The average molecular weight is 242 g/mol. The summed E-state index contributed by atoms with van der Waals surface area (Å²) in [7, 11) is 0. The van der Waals surface area contributed by atoms with E-state index in [4.69, 9.17) is 5.84 Å². The van der Waals surface area contributed by atoms with Gasteiger partial charge in [-0.1, -0.05) is 6.92 Å². The van der Waals surface area contributed by atoms with E-state index >= 15 is 0 Å². The molecular formula is C12H26N4O. The second kappa shape index (κ2) is 7.63. The Kier molecular flexibility index (Phi) is 6.47. The van der Waals surface area contributed by atoms with E-state index in [2.05, 4.69) is 29.1 Å². The smallest absolute Gasteiger partial charge is 0.233 e. The lowest BCUT2D eigenvalue weighted by Crippen LogP contribution is -2.49. The van der Waals surface area contributed by atoms with Gasteiger partial charge in [0.25, 0.3) is 0 Å². The molecule has 5 heteroatoms. The summed E-state index contributed by atoms with van der Waals surface area (Å²) in [6.45, 7) is 10.2. The van der Waals surface area contributed by atoms with Crippen LogP contribution in [-0.2, 0) is 4.79 Å². The lowest BCUT2D eigenvalue weighted by atomic mass is 10.1. The molecule has 0 bridgehead atoms. The third-order valence-electron chi connectivity index (χ3n) is 3.52. The van der Waals surface area contributed by atoms with Crippen LogP contribution in [-0.4, -0.2) is 54.5 Å². The molecule has 0 spiro atoms. The Hall–Kier alpha value is -0.650. The molecule has 0 aromatic heterocycles. The number of hydrazine groups is 1. The second-order valence-electron chi connectivity index (χ2n) is 4.83. The van der Waals surface area contributed by atoms with Crippen molar-refractivity contribution >= 4 is 5.91 Å². The van der Waals surface area contributed by atoms with Gasteiger partial charge in [-0.3, -0.25) is 15.1 Å². The van der Waals surface area contributed by atoms with Crippen molar-refractivity contribution in [2.45, 2.75) is 39.2 Å². The summed E-state index contributed by atoms with van der Waals surface area (Å²) in [5, 5.41) is 0. The molecule has 1 saturated heterocycles. The number of hydrogen-bond donors (Lipinski definition) is 2. The van der Waals surface area contributed by atoms with Gasteiger partial charge in [-0.25, -0.2) is 5.84 Å². The van der Waals surface area contributed by atoms with E-state index in [9.17, 15) is 4.79 Å². The van der Waals surface area contributed by atoms with Crippen molar-refractivity contribution in [3.63, 3.8) is 0 Å². The predicted molar refractivity (Wildman–Crippen MR) is 69.3 cm³/mol.